The number of carboxylic acid groups (broad SMARTS) is 1. The zero-order valence-corrected chi connectivity index (χ0v) is 13.4. The lowest BCUT2D eigenvalue weighted by Gasteiger charge is -2.30. The summed E-state index contributed by atoms with van der Waals surface area (Å²) in [7, 11) is 0. The molecule has 1 aliphatic rings. The first-order chi connectivity index (χ1) is 12.0. The normalized spacial score (nSPS) is 17.5. The van der Waals surface area contributed by atoms with Crippen LogP contribution >= 0.6 is 0 Å². The summed E-state index contributed by atoms with van der Waals surface area (Å²) in [5.41, 5.74) is 0.698. The summed E-state index contributed by atoms with van der Waals surface area (Å²) in [4.78, 5) is 28.8. The fourth-order valence-electron chi connectivity index (χ4n) is 2.57. The van der Waals surface area contributed by atoms with Crippen LogP contribution in [0.4, 0.5) is 4.39 Å². The number of nitrogens with zero attached hydrogens (tertiary/aromatic N) is 2. The molecule has 1 aliphatic heterocycles. The topological polar surface area (TPSA) is 92.9 Å². The average Bonchev–Trinajstić information content (AvgIpc) is 3.09. The number of aliphatic carboxylic acids is 1. The van der Waals surface area contributed by atoms with Crippen molar-refractivity contribution in [3.63, 3.8) is 0 Å². The molecule has 25 heavy (non-hydrogen) atoms. The Balaban J connectivity index is 1.56. The Labute approximate surface area is 143 Å². The number of amides is 1. The Kier molecular flexibility index (Phi) is 5.08. The van der Waals surface area contributed by atoms with Crippen LogP contribution in [0.1, 0.15) is 12.3 Å². The largest absolute Gasteiger partial charge is 0.479 e. The van der Waals surface area contributed by atoms with E-state index in [1.165, 1.54) is 23.2 Å². The Hall–Kier alpha value is -2.74. The fourth-order valence-corrected chi connectivity index (χ4v) is 2.57. The van der Waals surface area contributed by atoms with Crippen LogP contribution in [-0.4, -0.2) is 52.7 Å². The molecule has 0 bridgehead atoms. The van der Waals surface area contributed by atoms with Crippen LogP contribution in [0, 0.1) is 5.82 Å². The third kappa shape index (κ3) is 4.21. The van der Waals surface area contributed by atoms with Crippen LogP contribution in [0.5, 0.6) is 0 Å². The summed E-state index contributed by atoms with van der Waals surface area (Å²) in [6, 6.07) is 5.84. The number of halogens is 1. The van der Waals surface area contributed by atoms with E-state index in [9.17, 15) is 14.0 Å². The second-order valence-corrected chi connectivity index (χ2v) is 5.66. The van der Waals surface area contributed by atoms with Gasteiger partial charge < -0.3 is 19.2 Å². The van der Waals surface area contributed by atoms with Crippen molar-refractivity contribution < 1.29 is 28.2 Å². The molecule has 1 aromatic heterocycles. The first-order valence-corrected chi connectivity index (χ1v) is 7.86. The van der Waals surface area contributed by atoms with Crippen molar-refractivity contribution in [2.24, 2.45) is 0 Å². The second kappa shape index (κ2) is 7.43. The first-order valence-electron chi connectivity index (χ1n) is 7.86. The van der Waals surface area contributed by atoms with Crippen molar-refractivity contribution in [1.29, 1.82) is 0 Å². The van der Waals surface area contributed by atoms with E-state index in [1.54, 1.807) is 12.1 Å². The Morgan fingerprint density at radius 1 is 1.32 bits per heavy atom. The molecule has 1 aromatic carbocycles. The van der Waals surface area contributed by atoms with Crippen molar-refractivity contribution >= 4 is 11.9 Å². The minimum absolute atomic E-state index is 0.0422. The molecule has 1 atom stereocenters. The number of morpholine rings is 1. The van der Waals surface area contributed by atoms with Gasteiger partial charge in [0.2, 0.25) is 5.91 Å². The molecule has 0 radical (unpaired) electrons. The lowest BCUT2D eigenvalue weighted by molar-refractivity contribution is -0.159. The molecule has 8 heteroatoms. The second-order valence-electron chi connectivity index (χ2n) is 5.66. The Bertz CT molecular complexity index is 759. The van der Waals surface area contributed by atoms with Gasteiger partial charge in [0.05, 0.1) is 19.3 Å². The van der Waals surface area contributed by atoms with Crippen molar-refractivity contribution in [3.8, 4) is 11.3 Å². The third-order valence-electron chi connectivity index (χ3n) is 3.93. The predicted octanol–water partition coefficient (Wildman–Crippen LogP) is 1.73. The zero-order chi connectivity index (χ0) is 17.8. The summed E-state index contributed by atoms with van der Waals surface area (Å²) in [6.45, 7) is 0.617. The molecule has 0 saturated carbocycles. The fraction of sp³-hybridized carbons (Fsp3) is 0.353. The molecule has 132 valence electrons. The molecule has 7 nitrogen and oxygen atoms in total. The number of hydrogen-bond donors (Lipinski definition) is 1. The smallest absolute Gasteiger partial charge is 0.334 e. The maximum absolute atomic E-state index is 12.9. The molecular formula is C17H17FN2O5. The van der Waals surface area contributed by atoms with Crippen molar-refractivity contribution in [3.05, 3.63) is 42.2 Å². The van der Waals surface area contributed by atoms with Gasteiger partial charge in [-0.3, -0.25) is 4.79 Å². The molecule has 2 aromatic rings. The van der Waals surface area contributed by atoms with Crippen molar-refractivity contribution in [1.82, 2.24) is 9.88 Å². The number of benzene rings is 1. The molecule has 0 aliphatic carbocycles. The highest BCUT2D eigenvalue weighted by Crippen LogP contribution is 2.21. The molecule has 0 spiro atoms. The van der Waals surface area contributed by atoms with E-state index >= 15 is 0 Å². The summed E-state index contributed by atoms with van der Waals surface area (Å²) in [5.74, 6) is -0.681. The minimum atomic E-state index is -1.07. The molecule has 1 saturated heterocycles. The van der Waals surface area contributed by atoms with Crippen LogP contribution in [0.3, 0.4) is 0 Å². The van der Waals surface area contributed by atoms with E-state index in [1.807, 2.05) is 0 Å². The van der Waals surface area contributed by atoms with E-state index in [0.717, 1.165) is 0 Å². The molecule has 2 heterocycles. The molecule has 3 rings (SSSR count). The number of oxazole rings is 1. The SMILES string of the molecule is O=C(O)[C@@H]1CN(C(=O)CCc2ncc(-c3ccc(F)cc3)o2)CCO1. The van der Waals surface area contributed by atoms with Gasteiger partial charge >= 0.3 is 5.97 Å². The molecular weight excluding hydrogens is 331 g/mol. The summed E-state index contributed by atoms with van der Waals surface area (Å²) in [5, 5.41) is 8.96. The number of ether oxygens (including phenoxy) is 1. The van der Waals surface area contributed by atoms with Gasteiger partial charge in [0.1, 0.15) is 5.82 Å². The lowest BCUT2D eigenvalue weighted by atomic mass is 10.2. The maximum atomic E-state index is 12.9. The van der Waals surface area contributed by atoms with Crippen LogP contribution in [-0.2, 0) is 20.7 Å². The highest BCUT2D eigenvalue weighted by molar-refractivity contribution is 5.78. The molecule has 1 fully saturated rings. The van der Waals surface area contributed by atoms with Gasteiger partial charge in [-0.2, -0.15) is 0 Å². The van der Waals surface area contributed by atoms with Gasteiger partial charge in [0.25, 0.3) is 0 Å². The highest BCUT2D eigenvalue weighted by Gasteiger charge is 2.28. The molecule has 0 unspecified atom stereocenters. The summed E-state index contributed by atoms with van der Waals surface area (Å²) >= 11 is 0. The maximum Gasteiger partial charge on any atom is 0.334 e. The van der Waals surface area contributed by atoms with Gasteiger partial charge in [-0.15, -0.1) is 0 Å². The average molecular weight is 348 g/mol. The Morgan fingerprint density at radius 3 is 2.80 bits per heavy atom. The molecule has 1 N–H and O–H groups in total. The van der Waals surface area contributed by atoms with Gasteiger partial charge in [0.15, 0.2) is 17.8 Å². The number of aromatic nitrogens is 1. The number of carboxylic acids is 1. The third-order valence-corrected chi connectivity index (χ3v) is 3.93. The van der Waals surface area contributed by atoms with Crippen LogP contribution in [0.25, 0.3) is 11.3 Å². The standard InChI is InChI=1S/C17H17FN2O5/c18-12-3-1-11(2-4-12)13-9-19-15(25-13)5-6-16(21)20-7-8-24-14(10-20)17(22)23/h1-4,9,14H,5-8,10H2,(H,22,23)/t14-/m0/s1. The van der Waals surface area contributed by atoms with Crippen molar-refractivity contribution in [2.45, 2.75) is 18.9 Å². The van der Waals surface area contributed by atoms with Gasteiger partial charge in [0, 0.05) is 24.9 Å². The van der Waals surface area contributed by atoms with E-state index in [2.05, 4.69) is 4.98 Å². The molecule has 1 amide bonds. The first kappa shape index (κ1) is 17.1. The van der Waals surface area contributed by atoms with Crippen LogP contribution in [0.15, 0.2) is 34.9 Å². The van der Waals surface area contributed by atoms with Crippen LogP contribution < -0.4 is 0 Å². The van der Waals surface area contributed by atoms with E-state index < -0.39 is 12.1 Å². The predicted molar refractivity (Wildman–Crippen MR) is 84.2 cm³/mol. The van der Waals surface area contributed by atoms with Gasteiger partial charge in [-0.05, 0) is 24.3 Å². The number of aryl methyl sites for hydroxylation is 1. The summed E-state index contributed by atoms with van der Waals surface area (Å²) < 4.78 is 23.6. The summed E-state index contributed by atoms with van der Waals surface area (Å²) in [6.07, 6.45) is 1.01. The van der Waals surface area contributed by atoms with Gasteiger partial charge in [-0.1, -0.05) is 0 Å². The van der Waals surface area contributed by atoms with Crippen LogP contribution in [0.2, 0.25) is 0 Å². The van der Waals surface area contributed by atoms with Crippen molar-refractivity contribution in [2.75, 3.05) is 19.7 Å². The van der Waals surface area contributed by atoms with Gasteiger partial charge in [-0.25, -0.2) is 14.2 Å². The monoisotopic (exact) mass is 348 g/mol. The lowest BCUT2D eigenvalue weighted by Crippen LogP contribution is -2.48. The van der Waals surface area contributed by atoms with E-state index in [4.69, 9.17) is 14.3 Å². The number of rotatable bonds is 5. The van der Waals surface area contributed by atoms with E-state index in [-0.39, 0.29) is 31.3 Å². The number of carbonyl (C=O) groups is 2. The zero-order valence-electron chi connectivity index (χ0n) is 13.4. The number of hydrogen-bond acceptors (Lipinski definition) is 5. The Morgan fingerprint density at radius 2 is 2.08 bits per heavy atom. The van der Waals surface area contributed by atoms with E-state index in [0.29, 0.717) is 30.2 Å². The minimum Gasteiger partial charge on any atom is -0.479 e. The quantitative estimate of drug-likeness (QED) is 0.884. The highest BCUT2D eigenvalue weighted by atomic mass is 19.1. The number of carbonyl (C=O) groups excluding carboxylic acids is 1.